The average Bonchev–Trinajstić information content (AvgIpc) is 2.76. The molecule has 0 saturated carbocycles. The van der Waals surface area contributed by atoms with Crippen LogP contribution in [0.15, 0.2) is 24.3 Å². The third-order valence-electron chi connectivity index (χ3n) is 3.34. The maximum absolute atomic E-state index is 11.0. The third-order valence-corrected chi connectivity index (χ3v) is 3.34. The van der Waals surface area contributed by atoms with Crippen molar-refractivity contribution in [3.05, 3.63) is 29.8 Å². The van der Waals surface area contributed by atoms with Crippen LogP contribution in [-0.2, 0) is 4.79 Å². The van der Waals surface area contributed by atoms with E-state index in [1.54, 1.807) is 13.8 Å². The quantitative estimate of drug-likeness (QED) is 0.851. The Kier molecular flexibility index (Phi) is 3.87. The summed E-state index contributed by atoms with van der Waals surface area (Å²) in [6.45, 7) is 5.13. The lowest BCUT2D eigenvalue weighted by Gasteiger charge is -2.19. The SMILES string of the molecule is CC(=O)NC1CCN(c2ccc([C@@H](C)O)cc2)C1. The number of amides is 1. The molecular formula is C14H20N2O2. The minimum atomic E-state index is -0.426. The summed E-state index contributed by atoms with van der Waals surface area (Å²) in [4.78, 5) is 13.3. The second-order valence-electron chi connectivity index (χ2n) is 4.90. The summed E-state index contributed by atoms with van der Waals surface area (Å²) in [6.07, 6.45) is 0.558. The normalized spacial score (nSPS) is 20.8. The molecular weight excluding hydrogens is 228 g/mol. The molecule has 0 aliphatic carbocycles. The predicted molar refractivity (Wildman–Crippen MR) is 71.5 cm³/mol. The van der Waals surface area contributed by atoms with E-state index in [4.69, 9.17) is 0 Å². The molecule has 4 heteroatoms. The van der Waals surface area contributed by atoms with Gasteiger partial charge in [0.25, 0.3) is 0 Å². The second kappa shape index (κ2) is 5.40. The van der Waals surface area contributed by atoms with Crippen molar-refractivity contribution in [1.29, 1.82) is 0 Å². The Balaban J connectivity index is 1.98. The molecule has 1 aromatic carbocycles. The van der Waals surface area contributed by atoms with E-state index in [1.165, 1.54) is 0 Å². The highest BCUT2D eigenvalue weighted by Gasteiger charge is 2.23. The van der Waals surface area contributed by atoms with Crippen LogP contribution in [0.4, 0.5) is 5.69 Å². The van der Waals surface area contributed by atoms with Crippen molar-refractivity contribution in [2.24, 2.45) is 0 Å². The number of anilines is 1. The fourth-order valence-electron chi connectivity index (χ4n) is 2.36. The van der Waals surface area contributed by atoms with Crippen LogP contribution < -0.4 is 10.2 Å². The second-order valence-corrected chi connectivity index (χ2v) is 4.90. The van der Waals surface area contributed by atoms with E-state index in [1.807, 2.05) is 24.3 Å². The lowest BCUT2D eigenvalue weighted by molar-refractivity contribution is -0.119. The highest BCUT2D eigenvalue weighted by molar-refractivity contribution is 5.73. The van der Waals surface area contributed by atoms with E-state index in [9.17, 15) is 9.90 Å². The Labute approximate surface area is 108 Å². The number of carbonyl (C=O) groups excluding carboxylic acids is 1. The predicted octanol–water partition coefficient (Wildman–Crippen LogP) is 1.45. The Bertz CT molecular complexity index is 414. The Morgan fingerprint density at radius 3 is 2.67 bits per heavy atom. The van der Waals surface area contributed by atoms with Gasteiger partial charge in [-0.2, -0.15) is 0 Å². The van der Waals surface area contributed by atoms with Crippen molar-refractivity contribution in [1.82, 2.24) is 5.32 Å². The Morgan fingerprint density at radius 1 is 1.44 bits per heavy atom. The van der Waals surface area contributed by atoms with Gasteiger partial charge >= 0.3 is 0 Å². The third kappa shape index (κ3) is 3.01. The monoisotopic (exact) mass is 248 g/mol. The van der Waals surface area contributed by atoms with Crippen LogP contribution in [0, 0.1) is 0 Å². The average molecular weight is 248 g/mol. The molecule has 2 atom stereocenters. The lowest BCUT2D eigenvalue weighted by atomic mass is 10.1. The molecule has 2 N–H and O–H groups in total. The molecule has 1 unspecified atom stereocenters. The number of benzene rings is 1. The first-order valence-corrected chi connectivity index (χ1v) is 6.36. The van der Waals surface area contributed by atoms with Gasteiger partial charge in [-0.05, 0) is 31.0 Å². The van der Waals surface area contributed by atoms with Crippen molar-refractivity contribution >= 4 is 11.6 Å². The van der Waals surface area contributed by atoms with Crippen molar-refractivity contribution in [2.75, 3.05) is 18.0 Å². The molecule has 1 aliphatic rings. The van der Waals surface area contributed by atoms with E-state index in [0.29, 0.717) is 0 Å². The number of aliphatic hydroxyl groups excluding tert-OH is 1. The summed E-state index contributed by atoms with van der Waals surface area (Å²) >= 11 is 0. The van der Waals surface area contributed by atoms with Crippen LogP contribution in [0.1, 0.15) is 31.9 Å². The van der Waals surface area contributed by atoms with Gasteiger partial charge < -0.3 is 15.3 Å². The van der Waals surface area contributed by atoms with Gasteiger partial charge in [-0.1, -0.05) is 12.1 Å². The van der Waals surface area contributed by atoms with Gasteiger partial charge in [-0.15, -0.1) is 0 Å². The van der Waals surface area contributed by atoms with Crippen LogP contribution in [-0.4, -0.2) is 30.1 Å². The first kappa shape index (κ1) is 12.9. The minimum Gasteiger partial charge on any atom is -0.389 e. The zero-order chi connectivity index (χ0) is 13.1. The zero-order valence-electron chi connectivity index (χ0n) is 10.9. The summed E-state index contributed by atoms with van der Waals surface area (Å²) in [6, 6.07) is 8.20. The molecule has 4 nitrogen and oxygen atoms in total. The fourth-order valence-corrected chi connectivity index (χ4v) is 2.36. The summed E-state index contributed by atoms with van der Waals surface area (Å²) in [5.41, 5.74) is 2.07. The summed E-state index contributed by atoms with van der Waals surface area (Å²) in [7, 11) is 0. The van der Waals surface area contributed by atoms with Gasteiger partial charge in [-0.3, -0.25) is 4.79 Å². The number of aliphatic hydroxyl groups is 1. The van der Waals surface area contributed by atoms with Crippen molar-refractivity contribution in [3.63, 3.8) is 0 Å². The number of nitrogens with zero attached hydrogens (tertiary/aromatic N) is 1. The van der Waals surface area contributed by atoms with Crippen molar-refractivity contribution in [2.45, 2.75) is 32.4 Å². The Morgan fingerprint density at radius 2 is 2.11 bits per heavy atom. The van der Waals surface area contributed by atoms with Gasteiger partial charge in [0.05, 0.1) is 6.10 Å². The van der Waals surface area contributed by atoms with E-state index < -0.39 is 6.10 Å². The molecule has 1 aliphatic heterocycles. The number of rotatable bonds is 3. The molecule has 18 heavy (non-hydrogen) atoms. The number of hydrogen-bond acceptors (Lipinski definition) is 3. The van der Waals surface area contributed by atoms with Gasteiger partial charge in [-0.25, -0.2) is 0 Å². The van der Waals surface area contributed by atoms with Crippen LogP contribution in [0.5, 0.6) is 0 Å². The number of carbonyl (C=O) groups is 1. The van der Waals surface area contributed by atoms with Gasteiger partial charge in [0, 0.05) is 31.7 Å². The maximum Gasteiger partial charge on any atom is 0.217 e. The van der Waals surface area contributed by atoms with Crippen LogP contribution in [0.2, 0.25) is 0 Å². The summed E-state index contributed by atoms with van der Waals surface area (Å²) in [5.74, 6) is 0.0336. The molecule has 98 valence electrons. The zero-order valence-corrected chi connectivity index (χ0v) is 10.9. The Hall–Kier alpha value is -1.55. The molecule has 1 amide bonds. The van der Waals surface area contributed by atoms with E-state index in [-0.39, 0.29) is 11.9 Å². The molecule has 1 heterocycles. The number of nitrogens with one attached hydrogen (secondary N) is 1. The molecule has 1 fully saturated rings. The largest absolute Gasteiger partial charge is 0.389 e. The molecule has 2 rings (SSSR count). The molecule has 1 saturated heterocycles. The van der Waals surface area contributed by atoms with E-state index >= 15 is 0 Å². The van der Waals surface area contributed by atoms with Gasteiger partial charge in [0.1, 0.15) is 0 Å². The lowest BCUT2D eigenvalue weighted by Crippen LogP contribution is -2.35. The fraction of sp³-hybridized carbons (Fsp3) is 0.500. The minimum absolute atomic E-state index is 0.0336. The van der Waals surface area contributed by atoms with Crippen LogP contribution >= 0.6 is 0 Å². The van der Waals surface area contributed by atoms with Gasteiger partial charge in [0.15, 0.2) is 0 Å². The van der Waals surface area contributed by atoms with Crippen molar-refractivity contribution in [3.8, 4) is 0 Å². The highest BCUT2D eigenvalue weighted by Crippen LogP contribution is 2.22. The number of hydrogen-bond donors (Lipinski definition) is 2. The maximum atomic E-state index is 11.0. The topological polar surface area (TPSA) is 52.6 Å². The molecule has 0 bridgehead atoms. The molecule has 0 radical (unpaired) electrons. The van der Waals surface area contributed by atoms with Crippen LogP contribution in [0.25, 0.3) is 0 Å². The smallest absolute Gasteiger partial charge is 0.217 e. The van der Waals surface area contributed by atoms with Crippen LogP contribution in [0.3, 0.4) is 0 Å². The van der Waals surface area contributed by atoms with Gasteiger partial charge in [0.2, 0.25) is 5.91 Å². The first-order valence-electron chi connectivity index (χ1n) is 6.36. The highest BCUT2D eigenvalue weighted by atomic mass is 16.3. The van der Waals surface area contributed by atoms with E-state index in [2.05, 4.69) is 10.2 Å². The molecule has 1 aromatic rings. The molecule has 0 spiro atoms. The summed E-state index contributed by atoms with van der Waals surface area (Å²) < 4.78 is 0. The van der Waals surface area contributed by atoms with Crippen molar-refractivity contribution < 1.29 is 9.90 Å². The molecule has 0 aromatic heterocycles. The van der Waals surface area contributed by atoms with E-state index in [0.717, 1.165) is 30.8 Å². The summed E-state index contributed by atoms with van der Waals surface area (Å²) in [5, 5.41) is 12.4. The standard InChI is InChI=1S/C14H20N2O2/c1-10(17)12-3-5-14(6-4-12)16-8-7-13(9-16)15-11(2)18/h3-6,10,13,17H,7-9H2,1-2H3,(H,15,18)/t10-,13?/m1/s1. The first-order chi connectivity index (χ1) is 8.56.